The molecule has 9 heteroatoms. The van der Waals surface area contributed by atoms with Crippen molar-refractivity contribution in [1.82, 2.24) is 30.8 Å². The number of aryl methyl sites for hydroxylation is 1. The minimum absolute atomic E-state index is 0. The van der Waals surface area contributed by atoms with Gasteiger partial charge in [-0.05, 0) is 35.0 Å². The first-order valence-corrected chi connectivity index (χ1v) is 7.61. The normalized spacial score (nSPS) is 15.2. The molecule has 1 fully saturated rings. The fourth-order valence-electron chi connectivity index (χ4n) is 2.52. The molecule has 2 N–H and O–H groups in total. The summed E-state index contributed by atoms with van der Waals surface area (Å²) in [6.07, 6.45) is 0.404. The third-order valence-electron chi connectivity index (χ3n) is 4.03. The van der Waals surface area contributed by atoms with Crippen molar-refractivity contribution < 1.29 is 9.18 Å². The molecule has 1 unspecified atom stereocenters. The fourth-order valence-corrected chi connectivity index (χ4v) is 2.52. The quantitative estimate of drug-likeness (QED) is 0.796. The molecular weight excluding hydrogens is 335 g/mol. The lowest BCUT2D eigenvalue weighted by Crippen LogP contribution is -2.49. The van der Waals surface area contributed by atoms with Crippen molar-refractivity contribution in [1.29, 1.82) is 0 Å². The molecule has 1 atom stereocenters. The number of hydrogen-bond donors (Lipinski definition) is 2. The molecule has 0 bridgehead atoms. The lowest BCUT2D eigenvalue weighted by atomic mass is 10.0. The molecule has 24 heavy (non-hydrogen) atoms. The summed E-state index contributed by atoms with van der Waals surface area (Å²) in [7, 11) is 0. The number of carbonyl (C=O) groups is 1. The van der Waals surface area contributed by atoms with E-state index in [0.29, 0.717) is 24.7 Å². The van der Waals surface area contributed by atoms with Crippen LogP contribution in [-0.2, 0) is 11.2 Å². The molecule has 1 saturated heterocycles. The van der Waals surface area contributed by atoms with Crippen LogP contribution >= 0.6 is 12.4 Å². The molecule has 3 rings (SSSR count). The zero-order valence-corrected chi connectivity index (χ0v) is 14.1. The van der Waals surface area contributed by atoms with E-state index in [0.717, 1.165) is 18.7 Å². The average molecular weight is 355 g/mol. The second-order valence-electron chi connectivity index (χ2n) is 5.79. The Bertz CT molecular complexity index is 673. The van der Waals surface area contributed by atoms with Crippen molar-refractivity contribution >= 4 is 18.3 Å². The number of tetrazole rings is 1. The Morgan fingerprint density at radius 1 is 1.42 bits per heavy atom. The van der Waals surface area contributed by atoms with Gasteiger partial charge in [-0.15, -0.1) is 17.5 Å². The highest BCUT2D eigenvalue weighted by atomic mass is 35.5. The minimum atomic E-state index is -0.552. The Labute approximate surface area is 145 Å². The summed E-state index contributed by atoms with van der Waals surface area (Å²) >= 11 is 0. The van der Waals surface area contributed by atoms with Crippen LogP contribution in [-0.4, -0.2) is 45.7 Å². The molecule has 130 valence electrons. The molecule has 1 aliphatic heterocycles. The number of rotatable bonds is 6. The molecule has 2 aromatic rings. The largest absolute Gasteiger partial charge is 0.354 e. The number of nitrogens with zero attached hydrogens (tertiary/aromatic N) is 4. The highest BCUT2D eigenvalue weighted by molar-refractivity contribution is 5.85. The first-order chi connectivity index (χ1) is 11.1. The molecule has 0 radical (unpaired) electrons. The van der Waals surface area contributed by atoms with Crippen molar-refractivity contribution in [2.24, 2.45) is 5.92 Å². The summed E-state index contributed by atoms with van der Waals surface area (Å²) in [4.78, 5) is 12.6. The first kappa shape index (κ1) is 18.3. The Kier molecular flexibility index (Phi) is 6.22. The van der Waals surface area contributed by atoms with Crippen LogP contribution < -0.4 is 10.6 Å². The van der Waals surface area contributed by atoms with E-state index < -0.39 is 6.04 Å². The molecule has 2 heterocycles. The minimum Gasteiger partial charge on any atom is -0.354 e. The fraction of sp³-hybridized carbons (Fsp3) is 0.467. The van der Waals surface area contributed by atoms with Crippen molar-refractivity contribution in [2.45, 2.75) is 19.4 Å². The molecule has 1 amide bonds. The lowest BCUT2D eigenvalue weighted by Gasteiger charge is -2.28. The molecule has 0 aliphatic carbocycles. The zero-order valence-electron chi connectivity index (χ0n) is 13.3. The van der Waals surface area contributed by atoms with Crippen LogP contribution in [0.1, 0.15) is 17.4 Å². The summed E-state index contributed by atoms with van der Waals surface area (Å²) in [6.45, 7) is 4.23. The van der Waals surface area contributed by atoms with Crippen molar-refractivity contribution in [3.05, 3.63) is 41.5 Å². The number of aromatic nitrogens is 4. The molecule has 1 aromatic heterocycles. The van der Waals surface area contributed by atoms with Gasteiger partial charge >= 0.3 is 0 Å². The van der Waals surface area contributed by atoms with E-state index in [2.05, 4.69) is 26.2 Å². The van der Waals surface area contributed by atoms with E-state index in [4.69, 9.17) is 0 Å². The van der Waals surface area contributed by atoms with E-state index in [1.165, 1.54) is 16.8 Å². The van der Waals surface area contributed by atoms with Gasteiger partial charge in [0.1, 0.15) is 17.7 Å². The Balaban J connectivity index is 0.00000208. The van der Waals surface area contributed by atoms with Crippen LogP contribution in [0.5, 0.6) is 0 Å². The Morgan fingerprint density at radius 2 is 2.12 bits per heavy atom. The van der Waals surface area contributed by atoms with Crippen LogP contribution in [0.15, 0.2) is 24.3 Å². The summed E-state index contributed by atoms with van der Waals surface area (Å²) in [5, 5.41) is 17.5. The van der Waals surface area contributed by atoms with Gasteiger partial charge in [0, 0.05) is 32.0 Å². The number of amides is 1. The third-order valence-corrected chi connectivity index (χ3v) is 4.03. The lowest BCUT2D eigenvalue weighted by molar-refractivity contribution is -0.125. The molecule has 7 nitrogen and oxygen atoms in total. The summed E-state index contributed by atoms with van der Waals surface area (Å²) in [5.74, 6) is 0.612. The monoisotopic (exact) mass is 354 g/mol. The van der Waals surface area contributed by atoms with Gasteiger partial charge in [-0.1, -0.05) is 12.1 Å². The molecule has 0 spiro atoms. The number of hydrogen-bond acceptors (Lipinski definition) is 5. The van der Waals surface area contributed by atoms with E-state index in [1.54, 1.807) is 19.1 Å². The maximum Gasteiger partial charge on any atom is 0.245 e. The molecule has 1 aromatic carbocycles. The van der Waals surface area contributed by atoms with Gasteiger partial charge in [0.05, 0.1) is 0 Å². The smallest absolute Gasteiger partial charge is 0.245 e. The third kappa shape index (κ3) is 4.27. The Hall–Kier alpha value is -2.06. The van der Waals surface area contributed by atoms with Gasteiger partial charge in [-0.25, -0.2) is 9.07 Å². The number of carbonyl (C=O) groups excluding carboxylic acids is 1. The number of halogens is 2. The molecule has 0 saturated carbocycles. The highest BCUT2D eigenvalue weighted by Crippen LogP contribution is 2.16. The summed E-state index contributed by atoms with van der Waals surface area (Å²) < 4.78 is 14.6. The zero-order chi connectivity index (χ0) is 16.2. The topological polar surface area (TPSA) is 84.7 Å². The van der Waals surface area contributed by atoms with Gasteiger partial charge in [0.15, 0.2) is 0 Å². The second-order valence-corrected chi connectivity index (χ2v) is 5.79. The van der Waals surface area contributed by atoms with Gasteiger partial charge < -0.3 is 10.6 Å². The van der Waals surface area contributed by atoms with Crippen LogP contribution in [0.2, 0.25) is 0 Å². The van der Waals surface area contributed by atoms with Crippen LogP contribution in [0, 0.1) is 18.7 Å². The highest BCUT2D eigenvalue weighted by Gasteiger charge is 2.26. The van der Waals surface area contributed by atoms with Gasteiger partial charge in [-0.2, -0.15) is 0 Å². The van der Waals surface area contributed by atoms with Crippen LogP contribution in [0.4, 0.5) is 4.39 Å². The SMILES string of the molecule is Cc1nnnn1C(Cc1ccc(F)cc1)C(=O)NCC1CNC1.Cl. The number of nitrogens with one attached hydrogen (secondary N) is 2. The predicted molar refractivity (Wildman–Crippen MR) is 88.3 cm³/mol. The average Bonchev–Trinajstić information content (AvgIpc) is 2.91. The van der Waals surface area contributed by atoms with E-state index in [-0.39, 0.29) is 24.1 Å². The van der Waals surface area contributed by atoms with Crippen molar-refractivity contribution in [3.8, 4) is 0 Å². The predicted octanol–water partition coefficient (Wildman–Crippen LogP) is 0.662. The second kappa shape index (κ2) is 8.16. The van der Waals surface area contributed by atoms with Crippen molar-refractivity contribution in [2.75, 3.05) is 19.6 Å². The van der Waals surface area contributed by atoms with Crippen LogP contribution in [0.3, 0.4) is 0 Å². The first-order valence-electron chi connectivity index (χ1n) is 7.61. The van der Waals surface area contributed by atoms with Crippen molar-refractivity contribution in [3.63, 3.8) is 0 Å². The van der Waals surface area contributed by atoms with Gasteiger partial charge in [0.2, 0.25) is 5.91 Å². The Morgan fingerprint density at radius 3 is 2.67 bits per heavy atom. The van der Waals surface area contributed by atoms with Crippen LogP contribution in [0.25, 0.3) is 0 Å². The van der Waals surface area contributed by atoms with Gasteiger partial charge in [-0.3, -0.25) is 4.79 Å². The van der Waals surface area contributed by atoms with E-state index in [1.807, 2.05) is 0 Å². The summed E-state index contributed by atoms with van der Waals surface area (Å²) in [5.41, 5.74) is 0.853. The maximum absolute atomic E-state index is 13.1. The van der Waals surface area contributed by atoms with E-state index in [9.17, 15) is 9.18 Å². The standard InChI is InChI=1S/C15H19FN6O.ClH/c1-10-19-20-21-22(10)14(6-11-2-4-13(16)5-3-11)15(23)18-9-12-7-17-8-12;/h2-5,12,14,17H,6-9H2,1H3,(H,18,23);1H. The van der Waals surface area contributed by atoms with E-state index >= 15 is 0 Å². The summed E-state index contributed by atoms with van der Waals surface area (Å²) in [6, 6.07) is 5.56. The maximum atomic E-state index is 13.1. The molecule has 1 aliphatic rings. The number of benzene rings is 1. The molecular formula is C15H20ClFN6O. The van der Waals surface area contributed by atoms with Gasteiger partial charge in [0.25, 0.3) is 0 Å².